The third kappa shape index (κ3) is 7.91. The van der Waals surface area contributed by atoms with Crippen LogP contribution in [0.15, 0.2) is 42.2 Å². The SMILES string of the molecule is C/C=C(\OC(=O)C(C)C)[C@@H](C)[C@@H](O[C@@H](C)c1ccccc1)[C@H](C)[C+]1O[B-](C2CCCCC2)(C2CCCCC2)O[C@H](C)[C@H]1C. The predicted octanol–water partition coefficient (Wildman–Crippen LogP) is 10.2. The van der Waals surface area contributed by atoms with E-state index in [1.807, 2.05) is 32.9 Å². The fourth-order valence-electron chi connectivity index (χ4n) is 8.23. The second-order valence-corrected chi connectivity index (χ2v) is 14.3. The van der Waals surface area contributed by atoms with E-state index in [1.165, 1.54) is 64.2 Å². The topological polar surface area (TPSA) is 54.0 Å². The average Bonchev–Trinajstić information content (AvgIpc) is 3.04. The number of hydrogen-bond acceptors (Lipinski definition) is 5. The van der Waals surface area contributed by atoms with Gasteiger partial charge in [0.15, 0.2) is 5.92 Å². The van der Waals surface area contributed by atoms with Crippen molar-refractivity contribution in [1.29, 1.82) is 0 Å². The molecule has 0 spiro atoms. The molecule has 2 saturated carbocycles. The van der Waals surface area contributed by atoms with Gasteiger partial charge >= 0.3 is 5.97 Å². The summed E-state index contributed by atoms with van der Waals surface area (Å²) in [7, 11) is 0. The van der Waals surface area contributed by atoms with Crippen LogP contribution in [0.3, 0.4) is 0 Å². The van der Waals surface area contributed by atoms with Gasteiger partial charge in [-0.25, -0.2) is 0 Å². The molecular weight excluding hydrogens is 535 g/mol. The summed E-state index contributed by atoms with van der Waals surface area (Å²) in [5, 5.41) is 0. The number of rotatable bonds is 11. The molecule has 240 valence electrons. The smallest absolute Gasteiger partial charge is 0.313 e. The zero-order valence-corrected chi connectivity index (χ0v) is 28.3. The maximum absolute atomic E-state index is 12.7. The Labute approximate surface area is 262 Å². The number of benzene rings is 1. The Kier molecular flexibility index (Phi) is 12.3. The van der Waals surface area contributed by atoms with E-state index in [1.54, 1.807) is 0 Å². The van der Waals surface area contributed by atoms with Gasteiger partial charge in [0.05, 0.1) is 18.1 Å². The fraction of sp³-hybridized carbons (Fsp3) is 0.730. The van der Waals surface area contributed by atoms with Crippen molar-refractivity contribution in [3.8, 4) is 0 Å². The quantitative estimate of drug-likeness (QED) is 0.110. The summed E-state index contributed by atoms with van der Waals surface area (Å²) in [5.41, 5.74) is 1.13. The summed E-state index contributed by atoms with van der Waals surface area (Å²) in [6.45, 7) is 15.3. The number of hydrogen-bond donors (Lipinski definition) is 0. The first kappa shape index (κ1) is 34.1. The van der Waals surface area contributed by atoms with Crippen molar-refractivity contribution >= 4 is 12.5 Å². The van der Waals surface area contributed by atoms with Crippen LogP contribution in [0.25, 0.3) is 0 Å². The maximum atomic E-state index is 12.7. The average molecular weight is 595 g/mol. The molecule has 6 heteroatoms. The van der Waals surface area contributed by atoms with Crippen LogP contribution in [0.4, 0.5) is 0 Å². The van der Waals surface area contributed by atoms with E-state index in [0.29, 0.717) is 17.4 Å². The number of allylic oxidation sites excluding steroid dienone is 1. The molecule has 1 aliphatic heterocycles. The summed E-state index contributed by atoms with van der Waals surface area (Å²) in [5.74, 6) is 1.17. The highest BCUT2D eigenvalue weighted by atomic mass is 16.6. The largest absolute Gasteiger partial charge is 0.560 e. The van der Waals surface area contributed by atoms with Gasteiger partial charge in [0.2, 0.25) is 6.10 Å². The Bertz CT molecular complexity index is 1010. The minimum absolute atomic E-state index is 0.0244. The minimum Gasteiger partial charge on any atom is -0.560 e. The van der Waals surface area contributed by atoms with Gasteiger partial charge < -0.3 is 18.8 Å². The Morgan fingerprint density at radius 2 is 1.47 bits per heavy atom. The molecule has 43 heavy (non-hydrogen) atoms. The molecule has 3 fully saturated rings. The molecule has 0 unspecified atom stereocenters. The van der Waals surface area contributed by atoms with E-state index in [4.69, 9.17) is 18.8 Å². The maximum Gasteiger partial charge on any atom is 0.313 e. The molecule has 1 saturated heterocycles. The molecule has 6 atom stereocenters. The van der Waals surface area contributed by atoms with Crippen molar-refractivity contribution in [2.45, 2.75) is 150 Å². The van der Waals surface area contributed by atoms with Crippen LogP contribution in [0.2, 0.25) is 11.6 Å². The van der Waals surface area contributed by atoms with Gasteiger partial charge in [-0.2, -0.15) is 0 Å². The van der Waals surface area contributed by atoms with Crippen molar-refractivity contribution in [3.63, 3.8) is 0 Å². The molecule has 1 aromatic rings. The van der Waals surface area contributed by atoms with Crippen molar-refractivity contribution in [1.82, 2.24) is 0 Å². The first-order chi connectivity index (χ1) is 20.6. The van der Waals surface area contributed by atoms with Crippen LogP contribution in [0.1, 0.15) is 131 Å². The summed E-state index contributed by atoms with van der Waals surface area (Å²) >= 11 is 0. The highest BCUT2D eigenvalue weighted by molar-refractivity contribution is 6.71. The second-order valence-electron chi connectivity index (χ2n) is 14.3. The molecule has 0 bridgehead atoms. The first-order valence-electron chi connectivity index (χ1n) is 17.6. The third-order valence-electron chi connectivity index (χ3n) is 11.0. The standard InChI is InChI=1S/C37H59BO5/c1-9-34(41-37(39)25(2)3)27(5)35(40-30(8)31-19-13-10-14-20-31)28(6)36-26(4)29(7)42-38(43-36,32-21-15-11-16-22-32)33-23-17-12-18-24-33/h9-10,13-14,19-20,25-30,32-33,35H,11-12,15-18,21-24H2,1-8H3/b34-9-/t26-,27-,28+,29-,30+,35-/m1/s1. The van der Waals surface area contributed by atoms with Crippen LogP contribution in [0, 0.1) is 29.8 Å². The lowest BCUT2D eigenvalue weighted by Crippen LogP contribution is -2.61. The summed E-state index contributed by atoms with van der Waals surface area (Å²) in [4.78, 5) is 12.7. The van der Waals surface area contributed by atoms with E-state index in [0.717, 1.165) is 11.7 Å². The van der Waals surface area contributed by atoms with Crippen LogP contribution >= 0.6 is 0 Å². The lowest BCUT2D eigenvalue weighted by Gasteiger charge is -2.57. The van der Waals surface area contributed by atoms with Gasteiger partial charge in [0.25, 0.3) is 6.55 Å². The lowest BCUT2D eigenvalue weighted by molar-refractivity contribution is -0.146. The molecule has 4 rings (SSSR count). The van der Waals surface area contributed by atoms with Gasteiger partial charge in [-0.1, -0.05) is 115 Å². The third-order valence-corrected chi connectivity index (χ3v) is 11.0. The van der Waals surface area contributed by atoms with Gasteiger partial charge in [0.1, 0.15) is 17.8 Å². The van der Waals surface area contributed by atoms with E-state index >= 15 is 0 Å². The minimum atomic E-state index is -1.47. The Hall–Kier alpha value is -1.76. The van der Waals surface area contributed by atoms with Gasteiger partial charge in [-0.3, -0.25) is 4.79 Å². The van der Waals surface area contributed by atoms with Crippen molar-refractivity contribution in [2.24, 2.45) is 23.7 Å². The normalized spacial score (nSPS) is 27.0. The van der Waals surface area contributed by atoms with Gasteiger partial charge in [0, 0.05) is 5.92 Å². The molecule has 2 aliphatic carbocycles. The Balaban J connectivity index is 1.69. The van der Waals surface area contributed by atoms with E-state index in [2.05, 4.69) is 58.9 Å². The molecular formula is C37H59BO5. The van der Waals surface area contributed by atoms with Crippen LogP contribution in [-0.2, 0) is 23.6 Å². The zero-order chi connectivity index (χ0) is 31.1. The molecule has 0 N–H and O–H groups in total. The van der Waals surface area contributed by atoms with Gasteiger partial charge in [-0.15, -0.1) is 11.6 Å². The van der Waals surface area contributed by atoms with E-state index < -0.39 is 6.55 Å². The van der Waals surface area contributed by atoms with E-state index in [-0.39, 0.29) is 48.0 Å². The Morgan fingerprint density at radius 1 is 0.907 bits per heavy atom. The molecule has 1 heterocycles. The molecule has 3 aliphatic rings. The Morgan fingerprint density at radius 3 is 1.98 bits per heavy atom. The molecule has 0 amide bonds. The number of carbonyl (C=O) groups is 1. The predicted molar refractivity (Wildman–Crippen MR) is 176 cm³/mol. The lowest BCUT2D eigenvalue weighted by atomic mass is 9.33. The number of carbonyl (C=O) groups excluding carboxylic acids is 1. The van der Waals surface area contributed by atoms with Crippen LogP contribution in [0.5, 0.6) is 0 Å². The summed E-state index contributed by atoms with van der Waals surface area (Å²) in [6.07, 6.45) is 15.3. The van der Waals surface area contributed by atoms with Gasteiger partial charge in [-0.05, 0) is 46.3 Å². The highest BCUT2D eigenvalue weighted by Gasteiger charge is 2.58. The van der Waals surface area contributed by atoms with E-state index in [9.17, 15) is 4.79 Å². The summed E-state index contributed by atoms with van der Waals surface area (Å²) < 4.78 is 27.7. The number of esters is 1. The molecule has 5 nitrogen and oxygen atoms in total. The van der Waals surface area contributed by atoms with Crippen molar-refractivity contribution < 1.29 is 23.6 Å². The number of ether oxygens (including phenoxy) is 2. The van der Waals surface area contributed by atoms with Crippen molar-refractivity contribution in [3.05, 3.63) is 53.8 Å². The fourth-order valence-corrected chi connectivity index (χ4v) is 8.23. The van der Waals surface area contributed by atoms with Crippen LogP contribution < -0.4 is 0 Å². The molecule has 0 radical (unpaired) electrons. The molecule has 0 aromatic heterocycles. The van der Waals surface area contributed by atoms with Crippen molar-refractivity contribution in [2.75, 3.05) is 0 Å². The second kappa shape index (κ2) is 15.5. The monoisotopic (exact) mass is 594 g/mol. The summed E-state index contributed by atoms with van der Waals surface area (Å²) in [6, 6.07) is 10.4. The first-order valence-corrected chi connectivity index (χ1v) is 17.6. The van der Waals surface area contributed by atoms with Crippen LogP contribution in [-0.4, -0.2) is 24.7 Å². The molecule has 1 aromatic carbocycles. The highest BCUT2D eigenvalue weighted by Crippen LogP contribution is 2.55. The zero-order valence-electron chi connectivity index (χ0n) is 28.3.